The van der Waals surface area contributed by atoms with Gasteiger partial charge in [0.25, 0.3) is 0 Å². The summed E-state index contributed by atoms with van der Waals surface area (Å²) in [6.07, 6.45) is 2.04. The van der Waals surface area contributed by atoms with E-state index in [1.807, 2.05) is 13.8 Å². The van der Waals surface area contributed by atoms with Crippen LogP contribution in [0, 0.1) is 5.82 Å². The van der Waals surface area contributed by atoms with E-state index in [4.69, 9.17) is 0 Å². The lowest BCUT2D eigenvalue weighted by molar-refractivity contribution is -0.150. The molecule has 1 aliphatic rings. The maximum Gasteiger partial charge on any atom is 0.246 e. The Hall–Kier alpha value is -1.91. The fraction of sp³-hybridized carbons (Fsp3) is 0.500. The molecular weight excluding hydrogens is 271 g/mol. The van der Waals surface area contributed by atoms with Crippen molar-refractivity contribution in [3.63, 3.8) is 0 Å². The molecule has 1 saturated heterocycles. The third kappa shape index (κ3) is 3.40. The molecule has 2 atom stereocenters. The molecule has 114 valence electrons. The molecule has 1 aliphatic heterocycles. The smallest absolute Gasteiger partial charge is 0.246 e. The van der Waals surface area contributed by atoms with Gasteiger partial charge in [0.05, 0.1) is 0 Å². The van der Waals surface area contributed by atoms with Crippen molar-refractivity contribution in [2.45, 2.75) is 51.7 Å². The molecule has 1 heterocycles. The molecule has 0 saturated carbocycles. The van der Waals surface area contributed by atoms with E-state index < -0.39 is 12.1 Å². The van der Waals surface area contributed by atoms with Crippen molar-refractivity contribution >= 4 is 11.8 Å². The van der Waals surface area contributed by atoms with Gasteiger partial charge >= 0.3 is 0 Å². The van der Waals surface area contributed by atoms with Crippen LogP contribution < -0.4 is 5.32 Å². The lowest BCUT2D eigenvalue weighted by Crippen LogP contribution is -2.62. The molecule has 4 nitrogen and oxygen atoms in total. The molecule has 2 amide bonds. The lowest BCUT2D eigenvalue weighted by atomic mass is 10.0. The number of benzene rings is 1. The number of hydrogen-bond donors (Lipinski definition) is 1. The largest absolute Gasteiger partial charge is 0.343 e. The van der Waals surface area contributed by atoms with Gasteiger partial charge in [-0.1, -0.05) is 32.4 Å². The van der Waals surface area contributed by atoms with E-state index in [1.54, 1.807) is 17.0 Å². The van der Waals surface area contributed by atoms with E-state index in [1.165, 1.54) is 12.1 Å². The van der Waals surface area contributed by atoms with Gasteiger partial charge in [-0.15, -0.1) is 0 Å². The van der Waals surface area contributed by atoms with Gasteiger partial charge in [0.1, 0.15) is 17.9 Å². The van der Waals surface area contributed by atoms with E-state index in [0.29, 0.717) is 19.4 Å². The zero-order valence-corrected chi connectivity index (χ0v) is 12.4. The topological polar surface area (TPSA) is 49.4 Å². The minimum absolute atomic E-state index is 0.0485. The van der Waals surface area contributed by atoms with E-state index in [0.717, 1.165) is 12.0 Å². The Morgan fingerprint density at radius 2 is 1.86 bits per heavy atom. The van der Waals surface area contributed by atoms with Crippen LogP contribution >= 0.6 is 0 Å². The Morgan fingerprint density at radius 1 is 1.19 bits per heavy atom. The highest BCUT2D eigenvalue weighted by atomic mass is 19.1. The molecule has 1 N–H and O–H groups in total. The fourth-order valence-electron chi connectivity index (χ4n) is 2.69. The predicted octanol–water partition coefficient (Wildman–Crippen LogP) is 2.23. The average molecular weight is 292 g/mol. The van der Waals surface area contributed by atoms with Crippen LogP contribution in [0.4, 0.5) is 4.39 Å². The summed E-state index contributed by atoms with van der Waals surface area (Å²) in [5, 5.41) is 2.80. The van der Waals surface area contributed by atoms with Crippen molar-refractivity contribution in [1.29, 1.82) is 0 Å². The summed E-state index contributed by atoms with van der Waals surface area (Å²) in [6.45, 7) is 4.20. The molecule has 1 fully saturated rings. The maximum absolute atomic E-state index is 13.0. The van der Waals surface area contributed by atoms with Crippen LogP contribution in [0.25, 0.3) is 0 Å². The minimum Gasteiger partial charge on any atom is -0.343 e. The second-order valence-electron chi connectivity index (χ2n) is 5.37. The van der Waals surface area contributed by atoms with Gasteiger partial charge in [-0.25, -0.2) is 4.39 Å². The highest BCUT2D eigenvalue weighted by molar-refractivity contribution is 5.96. The summed E-state index contributed by atoms with van der Waals surface area (Å²) in [4.78, 5) is 26.3. The van der Waals surface area contributed by atoms with Crippen molar-refractivity contribution in [3.05, 3.63) is 35.6 Å². The first-order chi connectivity index (χ1) is 10.1. The van der Waals surface area contributed by atoms with E-state index in [-0.39, 0.29) is 17.6 Å². The molecule has 2 unspecified atom stereocenters. The molecule has 5 heteroatoms. The van der Waals surface area contributed by atoms with Crippen LogP contribution in [0.15, 0.2) is 24.3 Å². The number of nitrogens with zero attached hydrogens (tertiary/aromatic N) is 1. The number of piperazine rings is 1. The van der Waals surface area contributed by atoms with Crippen molar-refractivity contribution < 1.29 is 14.0 Å². The quantitative estimate of drug-likeness (QED) is 0.904. The van der Waals surface area contributed by atoms with E-state index in [9.17, 15) is 14.0 Å². The number of halogens is 1. The Labute approximate surface area is 124 Å². The van der Waals surface area contributed by atoms with Crippen LogP contribution in [0.3, 0.4) is 0 Å². The molecule has 0 aliphatic carbocycles. The molecule has 0 bridgehead atoms. The molecule has 0 aromatic heterocycles. The van der Waals surface area contributed by atoms with Gasteiger partial charge in [-0.2, -0.15) is 0 Å². The molecule has 1 aromatic rings. The van der Waals surface area contributed by atoms with E-state index >= 15 is 0 Å². The minimum atomic E-state index is -0.448. The number of carbonyl (C=O) groups is 2. The SMILES string of the molecule is CCCC1NC(=O)C(CC)N(Cc2ccc(F)cc2)C1=O. The van der Waals surface area contributed by atoms with Gasteiger partial charge in [-0.05, 0) is 30.5 Å². The zero-order chi connectivity index (χ0) is 15.4. The molecular formula is C16H21FN2O2. The van der Waals surface area contributed by atoms with Crippen molar-refractivity contribution in [2.75, 3.05) is 0 Å². The molecule has 21 heavy (non-hydrogen) atoms. The third-order valence-electron chi connectivity index (χ3n) is 3.81. The summed E-state index contributed by atoms with van der Waals surface area (Å²) >= 11 is 0. The number of rotatable bonds is 5. The monoisotopic (exact) mass is 292 g/mol. The predicted molar refractivity (Wildman–Crippen MR) is 77.9 cm³/mol. The van der Waals surface area contributed by atoms with Crippen molar-refractivity contribution in [3.8, 4) is 0 Å². The first kappa shape index (κ1) is 15.5. The van der Waals surface area contributed by atoms with Crippen LogP contribution in [-0.2, 0) is 16.1 Å². The Kier molecular flexibility index (Phi) is 4.94. The lowest BCUT2D eigenvalue weighted by Gasteiger charge is -2.38. The zero-order valence-electron chi connectivity index (χ0n) is 12.4. The Morgan fingerprint density at radius 3 is 2.43 bits per heavy atom. The van der Waals surface area contributed by atoms with Crippen molar-refractivity contribution in [1.82, 2.24) is 10.2 Å². The summed E-state index contributed by atoms with van der Waals surface area (Å²) in [5.74, 6) is -0.456. The second kappa shape index (κ2) is 6.70. The maximum atomic E-state index is 13.0. The molecule has 0 radical (unpaired) electrons. The average Bonchev–Trinajstić information content (AvgIpc) is 2.47. The third-order valence-corrected chi connectivity index (χ3v) is 3.81. The van der Waals surface area contributed by atoms with Crippen molar-refractivity contribution in [2.24, 2.45) is 0 Å². The first-order valence-electron chi connectivity index (χ1n) is 7.42. The first-order valence-corrected chi connectivity index (χ1v) is 7.42. The van der Waals surface area contributed by atoms with Gasteiger partial charge in [0, 0.05) is 6.54 Å². The van der Waals surface area contributed by atoms with E-state index in [2.05, 4.69) is 5.32 Å². The van der Waals surface area contributed by atoms with Crippen LogP contribution in [0.5, 0.6) is 0 Å². The number of amides is 2. The number of nitrogens with one attached hydrogen (secondary N) is 1. The fourth-order valence-corrected chi connectivity index (χ4v) is 2.69. The molecule has 2 rings (SSSR count). The van der Waals surface area contributed by atoms with Gasteiger partial charge in [0.15, 0.2) is 0 Å². The Bertz CT molecular complexity index is 516. The standard InChI is InChI=1S/C16H21FN2O2/c1-3-5-13-16(21)19(14(4-2)15(20)18-13)10-11-6-8-12(17)9-7-11/h6-9,13-14H,3-5,10H2,1-2H3,(H,18,20). The summed E-state index contributed by atoms with van der Waals surface area (Å²) in [7, 11) is 0. The highest BCUT2D eigenvalue weighted by Crippen LogP contribution is 2.19. The Balaban J connectivity index is 2.20. The van der Waals surface area contributed by atoms with Gasteiger partial charge in [-0.3, -0.25) is 9.59 Å². The van der Waals surface area contributed by atoms with Gasteiger partial charge < -0.3 is 10.2 Å². The van der Waals surface area contributed by atoms with Crippen LogP contribution in [0.2, 0.25) is 0 Å². The highest BCUT2D eigenvalue weighted by Gasteiger charge is 2.38. The summed E-state index contributed by atoms with van der Waals surface area (Å²) in [6, 6.07) is 5.15. The molecule has 0 spiro atoms. The van der Waals surface area contributed by atoms with Gasteiger partial charge in [0.2, 0.25) is 11.8 Å². The number of carbonyl (C=O) groups excluding carboxylic acids is 2. The number of hydrogen-bond acceptors (Lipinski definition) is 2. The van der Waals surface area contributed by atoms with Crippen LogP contribution in [-0.4, -0.2) is 28.8 Å². The molecule has 1 aromatic carbocycles. The second-order valence-corrected chi connectivity index (χ2v) is 5.37. The van der Waals surface area contributed by atoms with Crippen LogP contribution in [0.1, 0.15) is 38.7 Å². The summed E-state index contributed by atoms with van der Waals surface area (Å²) in [5.41, 5.74) is 0.827. The summed E-state index contributed by atoms with van der Waals surface area (Å²) < 4.78 is 13.0. The normalized spacial score (nSPS) is 22.3.